The molecule has 3 heterocycles. The molecule has 0 radical (unpaired) electrons. The second kappa shape index (κ2) is 7.00. The molecular formula is C17H19N5O6S. The normalized spacial score (nSPS) is 26.1. The summed E-state index contributed by atoms with van der Waals surface area (Å²) in [4.78, 5) is 11.8. The molecule has 2 aromatic heterocycles. The molecule has 0 aliphatic carbocycles. The third kappa shape index (κ3) is 3.14. The first-order chi connectivity index (χ1) is 13.7. The van der Waals surface area contributed by atoms with Crippen molar-refractivity contribution in [1.82, 2.24) is 19.5 Å². The van der Waals surface area contributed by atoms with E-state index in [9.17, 15) is 23.7 Å². The van der Waals surface area contributed by atoms with Crippen molar-refractivity contribution in [3.8, 4) is 0 Å². The minimum atomic E-state index is -4.25. The molecule has 154 valence electrons. The Balaban J connectivity index is 1.66. The van der Waals surface area contributed by atoms with Gasteiger partial charge in [-0.05, 0) is 19.1 Å². The molecule has 29 heavy (non-hydrogen) atoms. The number of fused-ring (bicyclic) bond motifs is 1. The van der Waals surface area contributed by atoms with Gasteiger partial charge in [0.25, 0.3) is 0 Å². The number of sulfone groups is 1. The molecule has 4 rings (SSSR count). The number of ether oxygens (including phenoxy) is 1. The maximum Gasteiger partial charge on any atom is 0.207 e. The molecule has 1 aliphatic heterocycles. The van der Waals surface area contributed by atoms with E-state index >= 15 is 0 Å². The molecule has 0 amide bonds. The highest BCUT2D eigenvalue weighted by atomic mass is 32.2. The Kier molecular flexibility index (Phi) is 4.75. The van der Waals surface area contributed by atoms with Gasteiger partial charge in [-0.2, -0.15) is 0 Å². The summed E-state index contributed by atoms with van der Waals surface area (Å²) in [7, 11) is -4.25. The van der Waals surface area contributed by atoms with E-state index in [4.69, 9.17) is 10.5 Å². The largest absolute Gasteiger partial charge is 0.387 e. The fraction of sp³-hybridized carbons (Fsp3) is 0.353. The van der Waals surface area contributed by atoms with Gasteiger partial charge in [0.2, 0.25) is 9.84 Å². The number of nitrogens with two attached hydrogens (primary N) is 1. The summed E-state index contributed by atoms with van der Waals surface area (Å²) in [5.41, 5.74) is 4.97. The smallest absolute Gasteiger partial charge is 0.207 e. The van der Waals surface area contributed by atoms with Crippen LogP contribution in [0.1, 0.15) is 11.8 Å². The zero-order valence-corrected chi connectivity index (χ0v) is 16.0. The summed E-state index contributed by atoms with van der Waals surface area (Å²) in [6.45, 7) is 1.80. The fourth-order valence-electron chi connectivity index (χ4n) is 3.25. The van der Waals surface area contributed by atoms with Crippen molar-refractivity contribution in [1.29, 1.82) is 0 Å². The number of hydrogen-bond acceptors (Lipinski definition) is 10. The molecule has 5 N–H and O–H groups in total. The quantitative estimate of drug-likeness (QED) is 0.414. The summed E-state index contributed by atoms with van der Waals surface area (Å²) in [5, 5.41) is 31.3. The van der Waals surface area contributed by atoms with Gasteiger partial charge in [0.1, 0.15) is 30.2 Å². The van der Waals surface area contributed by atoms with Gasteiger partial charge in [-0.25, -0.2) is 23.4 Å². The third-order valence-corrected chi connectivity index (χ3v) is 6.72. The molecule has 0 bridgehead atoms. The average molecular weight is 421 g/mol. The van der Waals surface area contributed by atoms with Crippen molar-refractivity contribution in [2.24, 2.45) is 0 Å². The molecule has 1 aromatic carbocycles. The number of anilines is 1. The van der Waals surface area contributed by atoms with E-state index in [0.717, 1.165) is 5.56 Å². The van der Waals surface area contributed by atoms with Crippen molar-refractivity contribution in [3.05, 3.63) is 42.5 Å². The number of benzene rings is 1. The summed E-state index contributed by atoms with van der Waals surface area (Å²) >= 11 is 0. The molecule has 1 unspecified atom stereocenters. The number of imidazole rings is 1. The van der Waals surface area contributed by atoms with E-state index in [0.29, 0.717) is 0 Å². The summed E-state index contributed by atoms with van der Waals surface area (Å²) in [6.07, 6.45) is -3.58. The van der Waals surface area contributed by atoms with Crippen LogP contribution in [-0.4, -0.2) is 67.0 Å². The molecule has 0 spiro atoms. The molecule has 1 fully saturated rings. The van der Waals surface area contributed by atoms with Crippen molar-refractivity contribution < 1.29 is 28.5 Å². The van der Waals surface area contributed by atoms with Crippen molar-refractivity contribution in [3.63, 3.8) is 0 Å². The van der Waals surface area contributed by atoms with Crippen LogP contribution >= 0.6 is 0 Å². The van der Waals surface area contributed by atoms with Gasteiger partial charge in [-0.3, -0.25) is 4.57 Å². The monoisotopic (exact) mass is 421 g/mol. The highest BCUT2D eigenvalue weighted by Gasteiger charge is 2.51. The Labute approximate surface area is 165 Å². The Morgan fingerprint density at radius 1 is 1.14 bits per heavy atom. The van der Waals surface area contributed by atoms with Crippen LogP contribution in [0, 0.1) is 6.92 Å². The number of rotatable bonds is 4. The number of hydrogen-bond donors (Lipinski definition) is 4. The van der Waals surface area contributed by atoms with Gasteiger partial charge in [-0.1, -0.05) is 17.7 Å². The third-order valence-electron chi connectivity index (χ3n) is 4.88. The van der Waals surface area contributed by atoms with Gasteiger partial charge in [0.15, 0.2) is 23.1 Å². The van der Waals surface area contributed by atoms with Crippen LogP contribution in [0.4, 0.5) is 5.82 Å². The Hall–Kier alpha value is -2.64. The van der Waals surface area contributed by atoms with E-state index in [-0.39, 0.29) is 21.9 Å². The number of aromatic nitrogens is 4. The number of nitrogen functional groups attached to an aromatic ring is 1. The zero-order chi connectivity index (χ0) is 20.9. The Morgan fingerprint density at radius 2 is 1.83 bits per heavy atom. The average Bonchev–Trinajstić information content (AvgIpc) is 3.24. The predicted octanol–water partition coefficient (Wildman–Crippen LogP) is -0.872. The minimum absolute atomic E-state index is 0.111. The van der Waals surface area contributed by atoms with Crippen molar-refractivity contribution in [2.75, 3.05) is 5.73 Å². The molecular weight excluding hydrogens is 402 g/mol. The number of aliphatic hydroxyl groups excluding tert-OH is 3. The van der Waals surface area contributed by atoms with Gasteiger partial charge in [0, 0.05) is 0 Å². The second-order valence-corrected chi connectivity index (χ2v) is 8.85. The van der Waals surface area contributed by atoms with Crippen LogP contribution in [0.3, 0.4) is 0 Å². The second-order valence-electron chi connectivity index (χ2n) is 6.80. The first-order valence-corrected chi connectivity index (χ1v) is 10.2. The van der Waals surface area contributed by atoms with Crippen LogP contribution in [0.5, 0.6) is 0 Å². The lowest BCUT2D eigenvalue weighted by molar-refractivity contribution is -0.0615. The van der Waals surface area contributed by atoms with Gasteiger partial charge >= 0.3 is 0 Å². The van der Waals surface area contributed by atoms with Gasteiger partial charge in [-0.15, -0.1) is 0 Å². The summed E-state index contributed by atoms with van der Waals surface area (Å²) < 4.78 is 32.4. The Bertz CT molecular complexity index is 1150. The molecule has 1 saturated heterocycles. The lowest BCUT2D eigenvalue weighted by atomic mass is 10.1. The summed E-state index contributed by atoms with van der Waals surface area (Å²) in [6, 6.07) is 5.88. The molecule has 11 nitrogen and oxygen atoms in total. The predicted molar refractivity (Wildman–Crippen MR) is 100 cm³/mol. The van der Waals surface area contributed by atoms with Crippen LogP contribution in [-0.2, 0) is 14.6 Å². The highest BCUT2D eigenvalue weighted by molar-refractivity contribution is 7.92. The zero-order valence-electron chi connectivity index (χ0n) is 15.2. The maximum absolute atomic E-state index is 12.8. The van der Waals surface area contributed by atoms with Gasteiger partial charge in [0.05, 0.1) is 11.2 Å². The van der Waals surface area contributed by atoms with Crippen LogP contribution < -0.4 is 5.73 Å². The fourth-order valence-corrected chi connectivity index (χ4v) is 4.62. The van der Waals surface area contributed by atoms with E-state index in [1.165, 1.54) is 29.4 Å². The van der Waals surface area contributed by atoms with E-state index < -0.39 is 39.8 Å². The SMILES string of the molecule is Cc1ccc(S(=O)(=O)C(O)[C@@H]2O[C@H](n3cnc4c(N)ncnc43)[C@@H](O)[C@H]2O)cc1. The first-order valence-electron chi connectivity index (χ1n) is 8.65. The highest BCUT2D eigenvalue weighted by Crippen LogP contribution is 2.35. The van der Waals surface area contributed by atoms with Gasteiger partial charge < -0.3 is 25.8 Å². The van der Waals surface area contributed by atoms with Crippen molar-refractivity contribution in [2.45, 2.75) is 41.8 Å². The minimum Gasteiger partial charge on any atom is -0.387 e. The maximum atomic E-state index is 12.8. The van der Waals surface area contributed by atoms with E-state index in [2.05, 4.69) is 15.0 Å². The number of aryl methyl sites for hydroxylation is 1. The molecule has 3 aromatic rings. The van der Waals surface area contributed by atoms with Crippen molar-refractivity contribution >= 4 is 26.8 Å². The lowest BCUT2D eigenvalue weighted by Gasteiger charge is -2.21. The Morgan fingerprint density at radius 3 is 2.52 bits per heavy atom. The van der Waals surface area contributed by atoms with E-state index in [1.54, 1.807) is 19.1 Å². The molecule has 12 heteroatoms. The first kappa shape index (κ1) is 19.7. The molecule has 0 saturated carbocycles. The molecule has 5 atom stereocenters. The number of nitrogens with zero attached hydrogens (tertiary/aromatic N) is 4. The van der Waals surface area contributed by atoms with Crippen LogP contribution in [0.15, 0.2) is 41.8 Å². The number of aliphatic hydroxyl groups is 3. The topological polar surface area (TPSA) is 174 Å². The summed E-state index contributed by atoms with van der Waals surface area (Å²) in [5.74, 6) is 0.111. The molecule has 1 aliphatic rings. The van der Waals surface area contributed by atoms with E-state index in [1.807, 2.05) is 0 Å². The van der Waals surface area contributed by atoms with Crippen LogP contribution in [0.2, 0.25) is 0 Å². The standard InChI is InChI=1S/C17H19N5O6S/c1-8-2-4-9(5-3-8)29(26,27)17(25)13-11(23)12(24)16(28-13)22-7-21-10-14(18)19-6-20-15(10)22/h2-7,11-13,16-17,23-25H,1H3,(H2,18,19,20)/t11-,12+,13-,16+,17?/m1/s1. The van der Waals surface area contributed by atoms with Crippen LogP contribution in [0.25, 0.3) is 11.2 Å². The lowest BCUT2D eigenvalue weighted by Crippen LogP contribution is -2.42.